The second-order valence-corrected chi connectivity index (χ2v) is 5.58. The van der Waals surface area contributed by atoms with Gasteiger partial charge in [-0.05, 0) is 32.0 Å². The fourth-order valence-electron chi connectivity index (χ4n) is 2.56. The summed E-state index contributed by atoms with van der Waals surface area (Å²) in [6.45, 7) is 4.21. The van der Waals surface area contributed by atoms with E-state index in [4.69, 9.17) is 0 Å². The molecule has 0 radical (unpaired) electrons. The number of nitrogens with one attached hydrogen (secondary N) is 2. The van der Waals surface area contributed by atoms with Gasteiger partial charge in [0.15, 0.2) is 0 Å². The maximum atomic E-state index is 12.2. The summed E-state index contributed by atoms with van der Waals surface area (Å²) in [6, 6.07) is 9.81. The molecule has 114 valence electrons. The largest absolute Gasteiger partial charge is 0.352 e. The standard InChI is InChI=1S/C16H19N5O/c1-11(7-13-8-12(2)19-20-13)18-16(22)9-21-10-17-14-5-3-4-6-15(14)21/h3-6,8,10-11H,7,9H2,1-2H3,(H,18,22)(H,19,20)/t11-/m1/s1. The van der Waals surface area contributed by atoms with Gasteiger partial charge >= 0.3 is 0 Å². The van der Waals surface area contributed by atoms with Crippen molar-refractivity contribution in [2.45, 2.75) is 32.9 Å². The molecule has 3 aromatic rings. The average Bonchev–Trinajstić information content (AvgIpc) is 3.06. The molecule has 0 bridgehead atoms. The maximum Gasteiger partial charge on any atom is 0.240 e. The van der Waals surface area contributed by atoms with Crippen LogP contribution in [-0.4, -0.2) is 31.7 Å². The number of rotatable bonds is 5. The number of hydrogen-bond acceptors (Lipinski definition) is 3. The molecule has 1 aromatic carbocycles. The second-order valence-electron chi connectivity index (χ2n) is 5.58. The molecule has 0 aliphatic carbocycles. The minimum absolute atomic E-state index is 0.0251. The van der Waals surface area contributed by atoms with Gasteiger partial charge in [-0.2, -0.15) is 5.10 Å². The van der Waals surface area contributed by atoms with Crippen LogP contribution < -0.4 is 5.32 Å². The number of para-hydroxylation sites is 2. The van der Waals surface area contributed by atoms with Crippen LogP contribution in [0.25, 0.3) is 11.0 Å². The first-order chi connectivity index (χ1) is 10.6. The highest BCUT2D eigenvalue weighted by molar-refractivity contribution is 5.80. The van der Waals surface area contributed by atoms with Crippen LogP contribution in [0.2, 0.25) is 0 Å². The van der Waals surface area contributed by atoms with Crippen molar-refractivity contribution in [2.75, 3.05) is 0 Å². The molecule has 22 heavy (non-hydrogen) atoms. The lowest BCUT2D eigenvalue weighted by atomic mass is 10.2. The van der Waals surface area contributed by atoms with E-state index in [0.717, 1.165) is 22.4 Å². The molecule has 0 fully saturated rings. The van der Waals surface area contributed by atoms with E-state index in [1.54, 1.807) is 6.33 Å². The van der Waals surface area contributed by atoms with E-state index >= 15 is 0 Å². The van der Waals surface area contributed by atoms with E-state index in [1.807, 2.05) is 48.7 Å². The third-order valence-corrected chi connectivity index (χ3v) is 3.52. The number of aryl methyl sites for hydroxylation is 1. The molecule has 0 saturated heterocycles. The zero-order chi connectivity index (χ0) is 15.5. The molecule has 0 unspecified atom stereocenters. The van der Waals surface area contributed by atoms with Crippen LogP contribution in [-0.2, 0) is 17.8 Å². The number of fused-ring (bicyclic) bond motifs is 1. The summed E-state index contributed by atoms with van der Waals surface area (Å²) in [4.78, 5) is 16.5. The Hall–Kier alpha value is -2.63. The summed E-state index contributed by atoms with van der Waals surface area (Å²) >= 11 is 0. The Balaban J connectivity index is 1.60. The van der Waals surface area contributed by atoms with Gasteiger partial charge in [-0.3, -0.25) is 9.89 Å². The number of amides is 1. The van der Waals surface area contributed by atoms with E-state index in [-0.39, 0.29) is 18.5 Å². The SMILES string of the molecule is Cc1cc(C[C@@H](C)NC(=O)Cn2cnc3ccccc32)n[nH]1. The zero-order valence-electron chi connectivity index (χ0n) is 12.7. The van der Waals surface area contributed by atoms with Gasteiger partial charge in [0.05, 0.1) is 23.1 Å². The number of carbonyl (C=O) groups is 1. The van der Waals surface area contributed by atoms with Crippen LogP contribution in [0.15, 0.2) is 36.7 Å². The van der Waals surface area contributed by atoms with E-state index in [0.29, 0.717) is 6.42 Å². The van der Waals surface area contributed by atoms with Crippen LogP contribution >= 0.6 is 0 Å². The van der Waals surface area contributed by atoms with Crippen molar-refractivity contribution >= 4 is 16.9 Å². The van der Waals surface area contributed by atoms with Gasteiger partial charge in [0.25, 0.3) is 0 Å². The Bertz CT molecular complexity index is 789. The Kier molecular flexibility index (Phi) is 3.91. The molecule has 0 aliphatic rings. The quantitative estimate of drug-likeness (QED) is 0.754. The lowest BCUT2D eigenvalue weighted by molar-refractivity contribution is -0.122. The Morgan fingerprint density at radius 3 is 3.00 bits per heavy atom. The molecule has 2 aromatic heterocycles. The summed E-state index contributed by atoms with van der Waals surface area (Å²) < 4.78 is 1.86. The molecule has 0 spiro atoms. The van der Waals surface area contributed by atoms with Crippen molar-refractivity contribution in [1.82, 2.24) is 25.1 Å². The normalized spacial score (nSPS) is 12.5. The molecule has 1 atom stereocenters. The maximum absolute atomic E-state index is 12.2. The van der Waals surface area contributed by atoms with E-state index in [9.17, 15) is 4.79 Å². The predicted molar refractivity (Wildman–Crippen MR) is 84.4 cm³/mol. The molecular weight excluding hydrogens is 278 g/mol. The van der Waals surface area contributed by atoms with Gasteiger partial charge < -0.3 is 9.88 Å². The van der Waals surface area contributed by atoms with Crippen molar-refractivity contribution in [3.8, 4) is 0 Å². The van der Waals surface area contributed by atoms with Crippen LogP contribution in [0.4, 0.5) is 0 Å². The van der Waals surface area contributed by atoms with Gasteiger partial charge in [-0.1, -0.05) is 12.1 Å². The topological polar surface area (TPSA) is 75.6 Å². The van der Waals surface area contributed by atoms with Gasteiger partial charge in [0, 0.05) is 18.2 Å². The molecular formula is C16H19N5O. The predicted octanol–water partition coefficient (Wildman–Crippen LogP) is 1.82. The van der Waals surface area contributed by atoms with E-state index in [1.165, 1.54) is 0 Å². The fourth-order valence-corrected chi connectivity index (χ4v) is 2.56. The molecule has 6 heteroatoms. The second kappa shape index (κ2) is 6.01. The summed E-state index contributed by atoms with van der Waals surface area (Å²) in [5.41, 5.74) is 3.85. The first kappa shape index (κ1) is 14.3. The highest BCUT2D eigenvalue weighted by Gasteiger charge is 2.11. The summed E-state index contributed by atoms with van der Waals surface area (Å²) in [5, 5.41) is 10.1. The Labute approximate surface area is 128 Å². The summed E-state index contributed by atoms with van der Waals surface area (Å²) in [7, 11) is 0. The van der Waals surface area contributed by atoms with Crippen molar-refractivity contribution in [1.29, 1.82) is 0 Å². The van der Waals surface area contributed by atoms with E-state index < -0.39 is 0 Å². The molecule has 1 amide bonds. The van der Waals surface area contributed by atoms with Gasteiger partial charge in [0.2, 0.25) is 5.91 Å². The number of nitrogens with zero attached hydrogens (tertiary/aromatic N) is 3. The summed E-state index contributed by atoms with van der Waals surface area (Å²) in [6.07, 6.45) is 2.41. The lowest BCUT2D eigenvalue weighted by Gasteiger charge is -2.13. The molecule has 0 saturated carbocycles. The Morgan fingerprint density at radius 1 is 1.41 bits per heavy atom. The van der Waals surface area contributed by atoms with Gasteiger partial charge in [0.1, 0.15) is 6.54 Å². The van der Waals surface area contributed by atoms with Gasteiger partial charge in [-0.25, -0.2) is 4.98 Å². The van der Waals surface area contributed by atoms with Crippen LogP contribution in [0, 0.1) is 6.92 Å². The molecule has 3 rings (SSSR count). The fraction of sp³-hybridized carbons (Fsp3) is 0.312. The average molecular weight is 297 g/mol. The minimum Gasteiger partial charge on any atom is -0.352 e. The van der Waals surface area contributed by atoms with Gasteiger partial charge in [-0.15, -0.1) is 0 Å². The number of benzene rings is 1. The van der Waals surface area contributed by atoms with Crippen molar-refractivity contribution in [3.05, 3.63) is 48.0 Å². The summed E-state index contributed by atoms with van der Waals surface area (Å²) in [5.74, 6) is -0.0251. The lowest BCUT2D eigenvalue weighted by Crippen LogP contribution is -2.36. The van der Waals surface area contributed by atoms with Crippen LogP contribution in [0.5, 0.6) is 0 Å². The number of aromatic nitrogens is 4. The smallest absolute Gasteiger partial charge is 0.240 e. The van der Waals surface area contributed by atoms with Crippen molar-refractivity contribution < 1.29 is 4.79 Å². The number of H-pyrrole nitrogens is 1. The third kappa shape index (κ3) is 3.16. The first-order valence-corrected chi connectivity index (χ1v) is 7.32. The number of aromatic amines is 1. The van der Waals surface area contributed by atoms with Crippen molar-refractivity contribution in [2.24, 2.45) is 0 Å². The number of hydrogen-bond donors (Lipinski definition) is 2. The van der Waals surface area contributed by atoms with Crippen molar-refractivity contribution in [3.63, 3.8) is 0 Å². The monoisotopic (exact) mass is 297 g/mol. The highest BCUT2D eigenvalue weighted by atomic mass is 16.2. The van der Waals surface area contributed by atoms with Crippen LogP contribution in [0.3, 0.4) is 0 Å². The minimum atomic E-state index is -0.0251. The number of carbonyl (C=O) groups excluding carboxylic acids is 1. The molecule has 2 N–H and O–H groups in total. The van der Waals surface area contributed by atoms with Crippen LogP contribution in [0.1, 0.15) is 18.3 Å². The highest BCUT2D eigenvalue weighted by Crippen LogP contribution is 2.11. The molecule has 2 heterocycles. The molecule has 6 nitrogen and oxygen atoms in total. The van der Waals surface area contributed by atoms with E-state index in [2.05, 4.69) is 20.5 Å². The third-order valence-electron chi connectivity index (χ3n) is 3.52. The first-order valence-electron chi connectivity index (χ1n) is 7.32. The number of imidazole rings is 1. The Morgan fingerprint density at radius 2 is 2.23 bits per heavy atom. The molecule has 0 aliphatic heterocycles. The zero-order valence-corrected chi connectivity index (χ0v) is 12.7.